The fraction of sp³-hybridized carbons (Fsp3) is 0.0667. The van der Waals surface area contributed by atoms with Crippen molar-refractivity contribution in [1.82, 2.24) is 9.55 Å². The second-order valence-electron chi connectivity index (χ2n) is 4.52. The van der Waals surface area contributed by atoms with E-state index in [0.717, 1.165) is 10.1 Å². The molecule has 5 heteroatoms. The van der Waals surface area contributed by atoms with Crippen LogP contribution >= 0.6 is 0 Å². The number of fused-ring (bicyclic) bond motifs is 1. The van der Waals surface area contributed by atoms with Crippen molar-refractivity contribution >= 4 is 10.9 Å². The summed E-state index contributed by atoms with van der Waals surface area (Å²) in [5.74, 6) is -0.618. The van der Waals surface area contributed by atoms with E-state index >= 15 is 0 Å². The number of nitrogens with one attached hydrogen (secondary N) is 1. The molecule has 0 bridgehead atoms. The summed E-state index contributed by atoms with van der Waals surface area (Å²) in [5, 5.41) is 0.385. The first-order valence-corrected chi connectivity index (χ1v) is 6.09. The van der Waals surface area contributed by atoms with Crippen molar-refractivity contribution in [3.05, 3.63) is 74.7 Å². The molecule has 0 unspecified atom stereocenters. The van der Waals surface area contributed by atoms with Gasteiger partial charge in [0, 0.05) is 0 Å². The van der Waals surface area contributed by atoms with E-state index in [2.05, 4.69) is 4.98 Å². The molecule has 1 heterocycles. The smallest absolute Gasteiger partial charge is 0.306 e. The SMILES string of the molecule is Cc1cccc2[nH]c(=O)n(-c3ccccc3F)c(=O)c12. The van der Waals surface area contributed by atoms with Gasteiger partial charge < -0.3 is 4.98 Å². The first-order chi connectivity index (χ1) is 9.59. The van der Waals surface area contributed by atoms with Crippen molar-refractivity contribution in [1.29, 1.82) is 0 Å². The number of hydrogen-bond donors (Lipinski definition) is 1. The van der Waals surface area contributed by atoms with E-state index in [0.29, 0.717) is 10.9 Å². The van der Waals surface area contributed by atoms with Crippen molar-refractivity contribution in [3.63, 3.8) is 0 Å². The third-order valence-corrected chi connectivity index (χ3v) is 3.23. The van der Waals surface area contributed by atoms with Gasteiger partial charge >= 0.3 is 5.69 Å². The highest BCUT2D eigenvalue weighted by molar-refractivity contribution is 5.81. The van der Waals surface area contributed by atoms with Crippen molar-refractivity contribution < 1.29 is 4.39 Å². The molecule has 3 aromatic rings. The Hall–Kier alpha value is -2.69. The van der Waals surface area contributed by atoms with Crippen LogP contribution in [0.5, 0.6) is 0 Å². The Morgan fingerprint density at radius 3 is 2.55 bits per heavy atom. The van der Waals surface area contributed by atoms with E-state index in [1.165, 1.54) is 18.2 Å². The number of halogens is 1. The number of rotatable bonds is 1. The Morgan fingerprint density at radius 2 is 1.80 bits per heavy atom. The summed E-state index contributed by atoms with van der Waals surface area (Å²) >= 11 is 0. The highest BCUT2D eigenvalue weighted by Crippen LogP contribution is 2.13. The van der Waals surface area contributed by atoms with Crippen LogP contribution in [0.15, 0.2) is 52.1 Å². The Balaban J connectivity index is 2.50. The van der Waals surface area contributed by atoms with Crippen molar-refractivity contribution in [3.8, 4) is 5.69 Å². The summed E-state index contributed by atoms with van der Waals surface area (Å²) in [6, 6.07) is 10.9. The zero-order valence-corrected chi connectivity index (χ0v) is 10.7. The standard InChI is InChI=1S/C15H11FN2O2/c1-9-5-4-7-11-13(9)14(19)18(15(20)17-11)12-8-3-2-6-10(12)16/h2-8H,1H3,(H,17,20). The van der Waals surface area contributed by atoms with Gasteiger partial charge in [0.05, 0.1) is 16.6 Å². The first kappa shape index (κ1) is 12.3. The number of para-hydroxylation sites is 1. The lowest BCUT2D eigenvalue weighted by Gasteiger charge is -2.08. The minimum absolute atomic E-state index is 0.0519. The number of aryl methyl sites for hydroxylation is 1. The molecule has 0 aliphatic heterocycles. The number of H-pyrrole nitrogens is 1. The van der Waals surface area contributed by atoms with Crippen LogP contribution in [0.1, 0.15) is 5.56 Å². The van der Waals surface area contributed by atoms with Gasteiger partial charge in [-0.25, -0.2) is 13.8 Å². The Labute approximate surface area is 113 Å². The molecule has 0 saturated heterocycles. The van der Waals surface area contributed by atoms with E-state index in [9.17, 15) is 14.0 Å². The molecule has 3 rings (SSSR count). The van der Waals surface area contributed by atoms with Crippen LogP contribution < -0.4 is 11.2 Å². The second-order valence-corrected chi connectivity index (χ2v) is 4.52. The second kappa shape index (κ2) is 4.45. The topological polar surface area (TPSA) is 54.9 Å². The van der Waals surface area contributed by atoms with Gasteiger partial charge in [-0.2, -0.15) is 0 Å². The van der Waals surface area contributed by atoms with Gasteiger partial charge in [0.15, 0.2) is 0 Å². The largest absolute Gasteiger partial charge is 0.333 e. The average Bonchev–Trinajstić information content (AvgIpc) is 2.40. The molecule has 0 radical (unpaired) electrons. The lowest BCUT2D eigenvalue weighted by atomic mass is 10.1. The molecule has 0 amide bonds. The van der Waals surface area contributed by atoms with E-state index in [4.69, 9.17) is 0 Å². The molecule has 0 fully saturated rings. The first-order valence-electron chi connectivity index (χ1n) is 6.09. The lowest BCUT2D eigenvalue weighted by Crippen LogP contribution is -2.34. The summed E-state index contributed by atoms with van der Waals surface area (Å²) in [4.78, 5) is 27.2. The zero-order valence-electron chi connectivity index (χ0n) is 10.7. The Bertz CT molecular complexity index is 925. The van der Waals surface area contributed by atoms with Crippen LogP contribution in [-0.4, -0.2) is 9.55 Å². The van der Waals surface area contributed by atoms with Gasteiger partial charge in [0.1, 0.15) is 5.82 Å². The van der Waals surface area contributed by atoms with Gasteiger partial charge in [0.25, 0.3) is 5.56 Å². The third-order valence-electron chi connectivity index (χ3n) is 3.23. The molecule has 2 aromatic carbocycles. The van der Waals surface area contributed by atoms with E-state index in [1.54, 1.807) is 31.2 Å². The molecule has 1 aromatic heterocycles. The monoisotopic (exact) mass is 270 g/mol. The minimum Gasteiger partial charge on any atom is -0.306 e. The maximum absolute atomic E-state index is 13.8. The number of aromatic amines is 1. The molecule has 20 heavy (non-hydrogen) atoms. The molecule has 0 spiro atoms. The highest BCUT2D eigenvalue weighted by atomic mass is 19.1. The van der Waals surface area contributed by atoms with Gasteiger partial charge in [-0.05, 0) is 30.7 Å². The maximum atomic E-state index is 13.8. The molecule has 0 atom stereocenters. The van der Waals surface area contributed by atoms with Gasteiger partial charge in [0.2, 0.25) is 0 Å². The number of nitrogens with zero attached hydrogens (tertiary/aromatic N) is 1. The number of benzene rings is 2. The quantitative estimate of drug-likeness (QED) is 0.736. The fourth-order valence-electron chi connectivity index (χ4n) is 2.28. The van der Waals surface area contributed by atoms with Crippen molar-refractivity contribution in [2.24, 2.45) is 0 Å². The van der Waals surface area contributed by atoms with Gasteiger partial charge in [-0.15, -0.1) is 0 Å². The van der Waals surface area contributed by atoms with Crippen LogP contribution in [0, 0.1) is 12.7 Å². The lowest BCUT2D eigenvalue weighted by molar-refractivity contribution is 0.613. The Kier molecular flexibility index (Phi) is 2.75. The third kappa shape index (κ3) is 1.75. The Morgan fingerprint density at radius 1 is 1.05 bits per heavy atom. The summed E-state index contributed by atoms with van der Waals surface area (Å²) in [7, 11) is 0. The van der Waals surface area contributed by atoms with Crippen LogP contribution in [0.25, 0.3) is 16.6 Å². The molecule has 4 nitrogen and oxygen atoms in total. The maximum Gasteiger partial charge on any atom is 0.333 e. The number of aromatic nitrogens is 2. The molecular weight excluding hydrogens is 259 g/mol. The highest BCUT2D eigenvalue weighted by Gasteiger charge is 2.13. The van der Waals surface area contributed by atoms with E-state index in [1.807, 2.05) is 0 Å². The summed E-state index contributed by atoms with van der Waals surface area (Å²) in [6.45, 7) is 1.77. The molecule has 0 aliphatic carbocycles. The van der Waals surface area contributed by atoms with Crippen molar-refractivity contribution in [2.75, 3.05) is 0 Å². The molecule has 100 valence electrons. The van der Waals surface area contributed by atoms with Crippen LogP contribution in [0.2, 0.25) is 0 Å². The van der Waals surface area contributed by atoms with Crippen LogP contribution in [-0.2, 0) is 0 Å². The molecule has 0 saturated carbocycles. The number of hydrogen-bond acceptors (Lipinski definition) is 2. The van der Waals surface area contributed by atoms with E-state index in [-0.39, 0.29) is 5.69 Å². The molecular formula is C15H11FN2O2. The normalized spacial score (nSPS) is 10.9. The predicted octanol–water partition coefficient (Wildman–Crippen LogP) is 2.13. The summed E-state index contributed by atoms with van der Waals surface area (Å²) < 4.78 is 14.6. The zero-order chi connectivity index (χ0) is 14.3. The minimum atomic E-state index is -0.654. The molecule has 1 N–H and O–H groups in total. The fourth-order valence-corrected chi connectivity index (χ4v) is 2.28. The van der Waals surface area contributed by atoms with Crippen LogP contribution in [0.4, 0.5) is 4.39 Å². The average molecular weight is 270 g/mol. The predicted molar refractivity (Wildman–Crippen MR) is 74.9 cm³/mol. The summed E-state index contributed by atoms with van der Waals surface area (Å²) in [5.41, 5.74) is -0.0459. The molecule has 0 aliphatic rings. The van der Waals surface area contributed by atoms with Crippen LogP contribution in [0.3, 0.4) is 0 Å². The van der Waals surface area contributed by atoms with Gasteiger partial charge in [-0.1, -0.05) is 24.3 Å². The van der Waals surface area contributed by atoms with Gasteiger partial charge in [-0.3, -0.25) is 4.79 Å². The summed E-state index contributed by atoms with van der Waals surface area (Å²) in [6.07, 6.45) is 0. The van der Waals surface area contributed by atoms with Crippen molar-refractivity contribution in [2.45, 2.75) is 6.92 Å². The van der Waals surface area contributed by atoms with E-state index < -0.39 is 17.1 Å².